The van der Waals surface area contributed by atoms with Gasteiger partial charge in [-0.15, -0.1) is 0 Å². The summed E-state index contributed by atoms with van der Waals surface area (Å²) in [6.07, 6.45) is 0. The fourth-order valence-electron chi connectivity index (χ4n) is 1.96. The third-order valence-electron chi connectivity index (χ3n) is 2.97. The number of carbonyl (C=O) groups is 2. The summed E-state index contributed by atoms with van der Waals surface area (Å²) in [4.78, 5) is 34.2. The molecule has 0 fully saturated rings. The van der Waals surface area contributed by atoms with Crippen LogP contribution < -0.4 is 0 Å². The van der Waals surface area contributed by atoms with Crippen molar-refractivity contribution in [2.75, 3.05) is 0 Å². The monoisotopic (exact) mass is 250 g/mol. The summed E-state index contributed by atoms with van der Waals surface area (Å²) < 4.78 is 0. The van der Waals surface area contributed by atoms with Gasteiger partial charge in [0.05, 0.1) is 4.92 Å². The van der Waals surface area contributed by atoms with Gasteiger partial charge >= 0.3 is 5.97 Å². The maximum Gasteiger partial charge on any atom is 0.326 e. The van der Waals surface area contributed by atoms with Crippen molar-refractivity contribution in [2.45, 2.75) is 19.5 Å². The van der Waals surface area contributed by atoms with E-state index in [0.717, 1.165) is 4.90 Å². The molecule has 0 bridgehead atoms. The van der Waals surface area contributed by atoms with Gasteiger partial charge in [-0.3, -0.25) is 14.9 Å². The molecule has 0 aromatic heterocycles. The predicted molar refractivity (Wildman–Crippen MR) is 60.1 cm³/mol. The lowest BCUT2D eigenvalue weighted by Crippen LogP contribution is -2.39. The summed E-state index contributed by atoms with van der Waals surface area (Å²) >= 11 is 0. The number of hydrogen-bond donors (Lipinski definition) is 1. The highest BCUT2D eigenvalue weighted by atomic mass is 16.6. The molecule has 0 spiro atoms. The smallest absolute Gasteiger partial charge is 0.326 e. The number of amides is 1. The minimum absolute atomic E-state index is 0.00407. The van der Waals surface area contributed by atoms with Crippen LogP contribution in [0.4, 0.5) is 5.69 Å². The van der Waals surface area contributed by atoms with Crippen molar-refractivity contribution in [1.29, 1.82) is 0 Å². The summed E-state index contributed by atoms with van der Waals surface area (Å²) in [5.41, 5.74) is 0.204. The Morgan fingerprint density at radius 1 is 1.56 bits per heavy atom. The van der Waals surface area contributed by atoms with E-state index in [9.17, 15) is 19.7 Å². The second-order valence-corrected chi connectivity index (χ2v) is 4.02. The number of nitro benzene ring substituents is 1. The zero-order valence-corrected chi connectivity index (χ0v) is 9.49. The van der Waals surface area contributed by atoms with Crippen LogP contribution in [0.5, 0.6) is 0 Å². The molecule has 0 aliphatic carbocycles. The predicted octanol–water partition coefficient (Wildman–Crippen LogP) is 1.02. The number of nitrogens with zero attached hydrogens (tertiary/aromatic N) is 2. The number of carboxylic acids is 1. The number of rotatable bonds is 3. The Hall–Kier alpha value is -2.44. The standard InChI is InChI=1S/C11H10N2O5/c1-6(11(15)16)12-5-7-3-2-4-8(13(17)18)9(7)10(12)14/h2-4,6H,5H2,1H3,(H,15,16). The number of nitro groups is 1. The molecule has 18 heavy (non-hydrogen) atoms. The molecule has 7 heteroatoms. The van der Waals surface area contributed by atoms with Gasteiger partial charge in [-0.05, 0) is 12.5 Å². The molecule has 1 heterocycles. The van der Waals surface area contributed by atoms with Crippen LogP contribution in [0.3, 0.4) is 0 Å². The van der Waals surface area contributed by atoms with Gasteiger partial charge in [0, 0.05) is 12.6 Å². The number of aliphatic carboxylic acids is 1. The number of carbonyl (C=O) groups excluding carboxylic acids is 1. The molecular weight excluding hydrogens is 240 g/mol. The third-order valence-corrected chi connectivity index (χ3v) is 2.97. The maximum atomic E-state index is 12.0. The lowest BCUT2D eigenvalue weighted by molar-refractivity contribution is -0.385. The molecule has 1 atom stereocenters. The zero-order valence-electron chi connectivity index (χ0n) is 9.49. The molecule has 1 aromatic carbocycles. The van der Waals surface area contributed by atoms with Crippen LogP contribution in [-0.2, 0) is 11.3 Å². The lowest BCUT2D eigenvalue weighted by Gasteiger charge is -2.19. The minimum atomic E-state index is -1.14. The van der Waals surface area contributed by atoms with Crippen LogP contribution in [-0.4, -0.2) is 32.8 Å². The average molecular weight is 250 g/mol. The first-order valence-electron chi connectivity index (χ1n) is 5.23. The normalized spacial score (nSPS) is 15.4. The first-order chi connectivity index (χ1) is 8.43. The van der Waals surface area contributed by atoms with E-state index in [4.69, 9.17) is 5.11 Å². The fraction of sp³-hybridized carbons (Fsp3) is 0.273. The van der Waals surface area contributed by atoms with Crippen LogP contribution in [0, 0.1) is 10.1 Å². The molecule has 94 valence electrons. The molecule has 1 amide bonds. The summed E-state index contributed by atoms with van der Waals surface area (Å²) in [5.74, 6) is -1.74. The Balaban J connectivity index is 2.46. The van der Waals surface area contributed by atoms with Gasteiger partial charge < -0.3 is 10.0 Å². The van der Waals surface area contributed by atoms with E-state index in [1.54, 1.807) is 6.07 Å². The first kappa shape index (κ1) is 12.0. The molecule has 1 aliphatic rings. The Morgan fingerprint density at radius 2 is 2.22 bits per heavy atom. The first-order valence-corrected chi connectivity index (χ1v) is 5.23. The Kier molecular flexibility index (Phi) is 2.74. The van der Waals surface area contributed by atoms with E-state index in [0.29, 0.717) is 5.56 Å². The molecule has 1 unspecified atom stereocenters. The lowest BCUT2D eigenvalue weighted by atomic mass is 10.1. The molecule has 0 saturated heterocycles. The van der Waals surface area contributed by atoms with E-state index in [1.165, 1.54) is 19.1 Å². The molecule has 1 aliphatic heterocycles. The van der Waals surface area contributed by atoms with Crippen molar-refractivity contribution in [1.82, 2.24) is 4.90 Å². The van der Waals surface area contributed by atoms with E-state index in [2.05, 4.69) is 0 Å². The van der Waals surface area contributed by atoms with Gasteiger partial charge in [0.15, 0.2) is 0 Å². The number of carboxylic acid groups (broad SMARTS) is 1. The van der Waals surface area contributed by atoms with Gasteiger partial charge in [0.1, 0.15) is 11.6 Å². The van der Waals surface area contributed by atoms with Crippen molar-refractivity contribution < 1.29 is 19.6 Å². The minimum Gasteiger partial charge on any atom is -0.480 e. The van der Waals surface area contributed by atoms with Gasteiger partial charge in [-0.2, -0.15) is 0 Å². The molecule has 2 rings (SSSR count). The molecule has 7 nitrogen and oxygen atoms in total. The van der Waals surface area contributed by atoms with E-state index >= 15 is 0 Å². The molecular formula is C11H10N2O5. The van der Waals surface area contributed by atoms with Crippen molar-refractivity contribution in [2.24, 2.45) is 0 Å². The quantitative estimate of drug-likeness (QED) is 0.637. The summed E-state index contributed by atoms with van der Waals surface area (Å²) in [7, 11) is 0. The van der Waals surface area contributed by atoms with Gasteiger partial charge in [0.2, 0.25) is 0 Å². The average Bonchev–Trinajstić information content (AvgIpc) is 2.65. The second-order valence-electron chi connectivity index (χ2n) is 4.02. The zero-order chi connectivity index (χ0) is 13.4. The summed E-state index contributed by atoms with van der Waals surface area (Å²) in [6, 6.07) is 3.31. The van der Waals surface area contributed by atoms with Gasteiger partial charge in [-0.1, -0.05) is 12.1 Å². The topological polar surface area (TPSA) is 101 Å². The van der Waals surface area contributed by atoms with E-state index in [1.807, 2.05) is 0 Å². The Bertz CT molecular complexity index is 554. The van der Waals surface area contributed by atoms with Gasteiger partial charge in [0.25, 0.3) is 11.6 Å². The highest BCUT2D eigenvalue weighted by Gasteiger charge is 2.38. The summed E-state index contributed by atoms with van der Waals surface area (Å²) in [6.45, 7) is 1.46. The number of hydrogen-bond acceptors (Lipinski definition) is 4. The Labute approximate surface area is 102 Å². The Morgan fingerprint density at radius 3 is 2.78 bits per heavy atom. The number of benzene rings is 1. The largest absolute Gasteiger partial charge is 0.480 e. The van der Waals surface area contributed by atoms with Crippen molar-refractivity contribution in [3.8, 4) is 0 Å². The van der Waals surface area contributed by atoms with Crippen LogP contribution in [0.2, 0.25) is 0 Å². The number of fused-ring (bicyclic) bond motifs is 1. The van der Waals surface area contributed by atoms with Crippen LogP contribution in [0.1, 0.15) is 22.8 Å². The highest BCUT2D eigenvalue weighted by molar-refractivity contribution is 6.03. The van der Waals surface area contributed by atoms with E-state index in [-0.39, 0.29) is 17.8 Å². The van der Waals surface area contributed by atoms with Crippen molar-refractivity contribution in [3.05, 3.63) is 39.4 Å². The van der Waals surface area contributed by atoms with Crippen LogP contribution in [0.25, 0.3) is 0 Å². The third kappa shape index (κ3) is 1.69. The molecule has 1 N–H and O–H groups in total. The van der Waals surface area contributed by atoms with Gasteiger partial charge in [-0.25, -0.2) is 4.79 Å². The summed E-state index contributed by atoms with van der Waals surface area (Å²) in [5, 5.41) is 19.7. The molecule has 0 radical (unpaired) electrons. The van der Waals surface area contributed by atoms with Crippen molar-refractivity contribution in [3.63, 3.8) is 0 Å². The highest BCUT2D eigenvalue weighted by Crippen LogP contribution is 2.31. The van der Waals surface area contributed by atoms with Crippen molar-refractivity contribution >= 4 is 17.6 Å². The molecule has 0 saturated carbocycles. The van der Waals surface area contributed by atoms with Crippen LogP contribution in [0.15, 0.2) is 18.2 Å². The van der Waals surface area contributed by atoms with Crippen LogP contribution >= 0.6 is 0 Å². The molecule has 1 aromatic rings. The second kappa shape index (κ2) is 4.10. The van der Waals surface area contributed by atoms with E-state index < -0.39 is 22.8 Å². The SMILES string of the molecule is CC(C(=O)O)N1Cc2cccc([N+](=O)[O-])c2C1=O. The fourth-order valence-corrected chi connectivity index (χ4v) is 1.96. The maximum absolute atomic E-state index is 12.0.